The van der Waals surface area contributed by atoms with Crippen molar-refractivity contribution in [3.05, 3.63) is 65.4 Å². The second-order valence-electron chi connectivity index (χ2n) is 5.89. The first-order valence-electron chi connectivity index (χ1n) is 7.87. The number of hydrogen-bond donors (Lipinski definition) is 1. The zero-order valence-corrected chi connectivity index (χ0v) is 13.5. The molecular weight excluding hydrogens is 286 g/mol. The molecular formula is C19H21N3O. The molecule has 0 bridgehead atoms. The maximum atomic E-state index is 12.0. The summed E-state index contributed by atoms with van der Waals surface area (Å²) < 4.78 is 1.91. The Balaban J connectivity index is 1.57. The Hall–Kier alpha value is -2.62. The molecule has 3 aromatic rings. The lowest BCUT2D eigenvalue weighted by atomic mass is 10.1. The van der Waals surface area contributed by atoms with E-state index < -0.39 is 0 Å². The maximum Gasteiger partial charge on any atom is 0.222 e. The number of carbonyl (C=O) groups is 1. The minimum atomic E-state index is 0.0443. The van der Waals surface area contributed by atoms with Crippen molar-refractivity contribution < 1.29 is 4.79 Å². The van der Waals surface area contributed by atoms with Gasteiger partial charge in [-0.1, -0.05) is 48.0 Å². The highest BCUT2D eigenvalue weighted by molar-refractivity contribution is 5.82. The van der Waals surface area contributed by atoms with Crippen LogP contribution in [0.4, 0.5) is 0 Å². The number of amides is 1. The Bertz CT molecular complexity index is 818. The van der Waals surface area contributed by atoms with Gasteiger partial charge in [-0.3, -0.25) is 9.48 Å². The predicted octanol–water partition coefficient (Wildman–Crippen LogP) is 3.36. The summed E-state index contributed by atoms with van der Waals surface area (Å²) in [5.74, 6) is 0.0443. The lowest BCUT2D eigenvalue weighted by Gasteiger charge is -2.08. The molecule has 3 rings (SSSR count). The highest BCUT2D eigenvalue weighted by atomic mass is 16.1. The summed E-state index contributed by atoms with van der Waals surface area (Å²) in [5.41, 5.74) is 4.63. The van der Waals surface area contributed by atoms with E-state index in [9.17, 15) is 4.79 Å². The van der Waals surface area contributed by atoms with Gasteiger partial charge >= 0.3 is 0 Å². The van der Waals surface area contributed by atoms with E-state index in [0.29, 0.717) is 19.5 Å². The molecule has 1 amide bonds. The summed E-state index contributed by atoms with van der Waals surface area (Å²) in [6.07, 6.45) is 2.28. The van der Waals surface area contributed by atoms with Crippen molar-refractivity contribution in [2.75, 3.05) is 0 Å². The number of benzene rings is 2. The van der Waals surface area contributed by atoms with Crippen molar-refractivity contribution in [3.8, 4) is 0 Å². The number of fused-ring (bicyclic) bond motifs is 1. The monoisotopic (exact) mass is 307 g/mol. The molecule has 2 aromatic carbocycles. The molecule has 0 radical (unpaired) electrons. The number of rotatable bonds is 5. The van der Waals surface area contributed by atoms with Gasteiger partial charge in [-0.2, -0.15) is 5.10 Å². The molecule has 118 valence electrons. The average Bonchev–Trinajstić information content (AvgIpc) is 2.97. The van der Waals surface area contributed by atoms with Crippen molar-refractivity contribution in [1.82, 2.24) is 15.1 Å². The molecule has 0 aliphatic heterocycles. The van der Waals surface area contributed by atoms with E-state index in [-0.39, 0.29) is 5.91 Å². The third-order valence-corrected chi connectivity index (χ3v) is 4.02. The van der Waals surface area contributed by atoms with Crippen LogP contribution in [0.15, 0.2) is 48.7 Å². The van der Waals surface area contributed by atoms with E-state index in [2.05, 4.69) is 42.5 Å². The Kier molecular flexibility index (Phi) is 4.42. The Morgan fingerprint density at radius 1 is 1.13 bits per heavy atom. The first-order chi connectivity index (χ1) is 11.1. The fourth-order valence-electron chi connectivity index (χ4n) is 2.70. The summed E-state index contributed by atoms with van der Waals surface area (Å²) in [7, 11) is 0. The Labute approximate surface area is 136 Å². The molecule has 0 aliphatic rings. The zero-order chi connectivity index (χ0) is 16.2. The first kappa shape index (κ1) is 15.3. The van der Waals surface area contributed by atoms with Crippen LogP contribution in [0.5, 0.6) is 0 Å². The number of nitrogens with zero attached hydrogens (tertiary/aromatic N) is 2. The van der Waals surface area contributed by atoms with Crippen LogP contribution in [0.3, 0.4) is 0 Å². The van der Waals surface area contributed by atoms with Gasteiger partial charge in [0.05, 0.1) is 18.3 Å². The van der Waals surface area contributed by atoms with E-state index >= 15 is 0 Å². The fourth-order valence-corrected chi connectivity index (χ4v) is 2.70. The highest BCUT2D eigenvalue weighted by Crippen LogP contribution is 2.17. The molecule has 0 atom stereocenters. The van der Waals surface area contributed by atoms with Crippen LogP contribution in [-0.2, 0) is 17.9 Å². The molecule has 0 saturated carbocycles. The second-order valence-corrected chi connectivity index (χ2v) is 5.89. The van der Waals surface area contributed by atoms with E-state index in [0.717, 1.165) is 16.5 Å². The maximum absolute atomic E-state index is 12.0. The van der Waals surface area contributed by atoms with Crippen molar-refractivity contribution in [2.45, 2.75) is 33.4 Å². The molecule has 4 nitrogen and oxygen atoms in total. The van der Waals surface area contributed by atoms with Gasteiger partial charge in [-0.05, 0) is 25.0 Å². The van der Waals surface area contributed by atoms with Gasteiger partial charge in [0.15, 0.2) is 0 Å². The van der Waals surface area contributed by atoms with Crippen LogP contribution in [0.1, 0.15) is 23.1 Å². The third-order valence-electron chi connectivity index (χ3n) is 4.02. The van der Waals surface area contributed by atoms with Gasteiger partial charge in [0.25, 0.3) is 0 Å². The van der Waals surface area contributed by atoms with Crippen molar-refractivity contribution in [2.24, 2.45) is 0 Å². The molecule has 1 aromatic heterocycles. The third kappa shape index (κ3) is 3.59. The van der Waals surface area contributed by atoms with Gasteiger partial charge in [-0.25, -0.2) is 0 Å². The highest BCUT2D eigenvalue weighted by Gasteiger charge is 2.07. The summed E-state index contributed by atoms with van der Waals surface area (Å²) >= 11 is 0. The minimum Gasteiger partial charge on any atom is -0.352 e. The van der Waals surface area contributed by atoms with E-state index in [4.69, 9.17) is 0 Å². The average molecular weight is 307 g/mol. The SMILES string of the molecule is Cc1ccc(CNC(=O)CCn2ncc3cccc(C)c32)cc1. The largest absolute Gasteiger partial charge is 0.352 e. The zero-order valence-electron chi connectivity index (χ0n) is 13.5. The minimum absolute atomic E-state index is 0.0443. The molecule has 0 unspecified atom stereocenters. The van der Waals surface area contributed by atoms with Crippen molar-refractivity contribution in [1.29, 1.82) is 0 Å². The lowest BCUT2D eigenvalue weighted by molar-refractivity contribution is -0.121. The first-order valence-corrected chi connectivity index (χ1v) is 7.87. The van der Waals surface area contributed by atoms with E-state index in [1.165, 1.54) is 11.1 Å². The molecule has 4 heteroatoms. The molecule has 1 heterocycles. The number of aryl methyl sites for hydroxylation is 3. The molecule has 0 spiro atoms. The molecule has 0 fully saturated rings. The standard InChI is InChI=1S/C19H21N3O/c1-14-6-8-16(9-7-14)12-20-18(23)10-11-22-19-15(2)4-3-5-17(19)13-21-22/h3-9,13H,10-12H2,1-2H3,(H,20,23). The van der Waals surface area contributed by atoms with Gasteiger partial charge in [0, 0.05) is 18.4 Å². The molecule has 0 aliphatic carbocycles. The Morgan fingerprint density at radius 2 is 1.91 bits per heavy atom. The van der Waals surface area contributed by atoms with Crippen LogP contribution in [-0.4, -0.2) is 15.7 Å². The van der Waals surface area contributed by atoms with Gasteiger partial charge in [0.1, 0.15) is 0 Å². The number of aromatic nitrogens is 2. The van der Waals surface area contributed by atoms with Crippen LogP contribution >= 0.6 is 0 Å². The van der Waals surface area contributed by atoms with E-state index in [1.54, 1.807) is 0 Å². The summed E-state index contributed by atoms with van der Waals surface area (Å²) in [5, 5.41) is 8.47. The van der Waals surface area contributed by atoms with Crippen LogP contribution in [0, 0.1) is 13.8 Å². The molecule has 23 heavy (non-hydrogen) atoms. The van der Waals surface area contributed by atoms with Crippen LogP contribution in [0.25, 0.3) is 10.9 Å². The fraction of sp³-hybridized carbons (Fsp3) is 0.263. The lowest BCUT2D eigenvalue weighted by Crippen LogP contribution is -2.24. The second kappa shape index (κ2) is 6.65. The number of carbonyl (C=O) groups excluding carboxylic acids is 1. The Morgan fingerprint density at radius 3 is 2.70 bits per heavy atom. The topological polar surface area (TPSA) is 46.9 Å². The molecule has 0 saturated heterocycles. The normalized spacial score (nSPS) is 10.9. The van der Waals surface area contributed by atoms with Crippen molar-refractivity contribution >= 4 is 16.8 Å². The quantitative estimate of drug-likeness (QED) is 0.785. The van der Waals surface area contributed by atoms with Crippen LogP contribution in [0.2, 0.25) is 0 Å². The van der Waals surface area contributed by atoms with Crippen molar-refractivity contribution in [3.63, 3.8) is 0 Å². The number of para-hydroxylation sites is 1. The van der Waals surface area contributed by atoms with Gasteiger partial charge in [0.2, 0.25) is 5.91 Å². The van der Waals surface area contributed by atoms with Gasteiger partial charge < -0.3 is 5.32 Å². The summed E-state index contributed by atoms with van der Waals surface area (Å²) in [6, 6.07) is 14.3. The number of nitrogens with one attached hydrogen (secondary N) is 1. The smallest absolute Gasteiger partial charge is 0.222 e. The van der Waals surface area contributed by atoms with Gasteiger partial charge in [-0.15, -0.1) is 0 Å². The number of hydrogen-bond acceptors (Lipinski definition) is 2. The van der Waals surface area contributed by atoms with Crippen LogP contribution < -0.4 is 5.32 Å². The molecule has 1 N–H and O–H groups in total. The summed E-state index contributed by atoms with van der Waals surface area (Å²) in [6.45, 7) is 5.28. The predicted molar refractivity (Wildman–Crippen MR) is 92.1 cm³/mol. The summed E-state index contributed by atoms with van der Waals surface area (Å²) in [4.78, 5) is 12.0. The van der Waals surface area contributed by atoms with E-state index in [1.807, 2.05) is 35.1 Å².